The average Bonchev–Trinajstić information content (AvgIpc) is 2.02. The summed E-state index contributed by atoms with van der Waals surface area (Å²) in [6.07, 6.45) is 7.77. The van der Waals surface area contributed by atoms with Crippen molar-refractivity contribution in [1.29, 1.82) is 0 Å². The molecule has 0 atom stereocenters. The molecule has 0 spiro atoms. The molecule has 1 heteroatoms. The Morgan fingerprint density at radius 2 is 1.64 bits per heavy atom. The van der Waals surface area contributed by atoms with Gasteiger partial charge in [0.15, 0.2) is 0 Å². The van der Waals surface area contributed by atoms with Crippen molar-refractivity contribution in [2.75, 3.05) is 0 Å². The zero-order chi connectivity index (χ0) is 11.2. The van der Waals surface area contributed by atoms with Gasteiger partial charge in [-0.2, -0.15) is 0 Å². The third-order valence-electron chi connectivity index (χ3n) is 3.44. The minimum Gasteiger partial charge on any atom is -0.0981 e. The number of hydrogen-bond acceptors (Lipinski definition) is 0. The highest BCUT2D eigenvalue weighted by atomic mass is 28.3. The highest BCUT2D eigenvalue weighted by Crippen LogP contribution is 2.36. The molecular formula is C13H28Si. The maximum atomic E-state index is 2.53. The van der Waals surface area contributed by atoms with Crippen LogP contribution < -0.4 is 0 Å². The molecule has 0 aliphatic rings. The molecule has 0 bridgehead atoms. The van der Waals surface area contributed by atoms with Crippen molar-refractivity contribution in [2.24, 2.45) is 0 Å². The van der Waals surface area contributed by atoms with E-state index in [1.165, 1.54) is 25.7 Å². The smallest absolute Gasteiger partial charge is 0.0766 e. The Labute approximate surface area is 91.8 Å². The van der Waals surface area contributed by atoms with Crippen molar-refractivity contribution >= 4 is 8.07 Å². The van der Waals surface area contributed by atoms with E-state index in [0.29, 0.717) is 5.04 Å². The Balaban J connectivity index is 3.97. The Morgan fingerprint density at radius 3 is 2.07 bits per heavy atom. The molecule has 0 heterocycles. The van der Waals surface area contributed by atoms with Crippen molar-refractivity contribution in [3.63, 3.8) is 0 Å². The van der Waals surface area contributed by atoms with E-state index in [2.05, 4.69) is 52.6 Å². The van der Waals surface area contributed by atoms with Crippen LogP contribution in [-0.2, 0) is 0 Å². The highest BCUT2D eigenvalue weighted by molar-refractivity contribution is 6.84. The summed E-state index contributed by atoms with van der Waals surface area (Å²) >= 11 is 0. The normalized spacial score (nSPS) is 13.9. The van der Waals surface area contributed by atoms with Crippen molar-refractivity contribution in [1.82, 2.24) is 0 Å². The van der Waals surface area contributed by atoms with Crippen LogP contribution in [0.4, 0.5) is 0 Å². The van der Waals surface area contributed by atoms with E-state index in [-0.39, 0.29) is 0 Å². The Kier molecular flexibility index (Phi) is 5.73. The molecule has 0 fully saturated rings. The van der Waals surface area contributed by atoms with Crippen molar-refractivity contribution in [3.8, 4) is 0 Å². The van der Waals surface area contributed by atoms with Crippen LogP contribution in [0, 0.1) is 0 Å². The van der Waals surface area contributed by atoms with E-state index >= 15 is 0 Å². The van der Waals surface area contributed by atoms with E-state index in [4.69, 9.17) is 0 Å². The molecule has 0 N–H and O–H groups in total. The number of hydrogen-bond donors (Lipinski definition) is 0. The second-order valence-corrected chi connectivity index (χ2v) is 11.1. The van der Waals surface area contributed by atoms with Crippen LogP contribution in [-0.4, -0.2) is 8.07 Å². The molecule has 0 radical (unpaired) electrons. The van der Waals surface area contributed by atoms with Gasteiger partial charge in [-0.05, 0) is 17.9 Å². The van der Waals surface area contributed by atoms with E-state index in [1.807, 2.05) is 0 Å². The number of rotatable bonds is 5. The summed E-state index contributed by atoms with van der Waals surface area (Å²) in [4.78, 5) is 0. The molecule has 0 saturated heterocycles. The molecular weight excluding hydrogens is 184 g/mol. The van der Waals surface area contributed by atoms with E-state index in [9.17, 15) is 0 Å². The first-order valence-corrected chi connectivity index (χ1v) is 9.06. The molecule has 0 aliphatic carbocycles. The first-order valence-electron chi connectivity index (χ1n) is 5.99. The summed E-state index contributed by atoms with van der Waals surface area (Å²) in [5.74, 6) is 0. The van der Waals surface area contributed by atoms with Gasteiger partial charge in [-0.25, -0.2) is 0 Å². The van der Waals surface area contributed by atoms with Gasteiger partial charge in [0.2, 0.25) is 0 Å². The Hall–Kier alpha value is -0.0431. The Bertz CT molecular complexity index is 172. The molecule has 0 aliphatic heterocycles. The Morgan fingerprint density at radius 1 is 1.07 bits per heavy atom. The molecule has 0 nitrogen and oxygen atoms in total. The molecule has 0 unspecified atom stereocenters. The lowest BCUT2D eigenvalue weighted by Crippen LogP contribution is -2.34. The molecule has 0 saturated carbocycles. The fraction of sp³-hybridized carbons (Fsp3) is 0.846. The minimum atomic E-state index is -1.15. The summed E-state index contributed by atoms with van der Waals surface area (Å²) in [7, 11) is -1.15. The van der Waals surface area contributed by atoms with Crippen molar-refractivity contribution in [2.45, 2.75) is 71.5 Å². The second-order valence-electron chi connectivity index (χ2n) is 5.87. The van der Waals surface area contributed by atoms with E-state index in [1.54, 1.807) is 0 Å². The minimum absolute atomic E-state index is 0.494. The summed E-state index contributed by atoms with van der Waals surface area (Å²) in [5.41, 5.74) is 2.53. The first kappa shape index (κ1) is 14.0. The van der Waals surface area contributed by atoms with Crippen LogP contribution in [0.25, 0.3) is 0 Å². The number of allylic oxidation sites excluding steroid dienone is 1. The summed E-state index contributed by atoms with van der Waals surface area (Å²) in [6, 6.07) is 0. The van der Waals surface area contributed by atoms with Gasteiger partial charge in [0.1, 0.15) is 0 Å². The van der Waals surface area contributed by atoms with Crippen molar-refractivity contribution < 1.29 is 0 Å². The SMILES string of the molecule is CCCCCC=C[Si](C)(C)C(C)(C)C. The van der Waals surface area contributed by atoms with Crippen LogP contribution in [0.5, 0.6) is 0 Å². The maximum Gasteiger partial charge on any atom is 0.0766 e. The molecule has 0 aromatic heterocycles. The number of unbranched alkanes of at least 4 members (excludes halogenated alkanes) is 3. The lowest BCUT2D eigenvalue weighted by molar-refractivity contribution is 0.722. The van der Waals surface area contributed by atoms with E-state index in [0.717, 1.165) is 0 Å². The summed E-state index contributed by atoms with van der Waals surface area (Å²) in [5, 5.41) is 0.494. The van der Waals surface area contributed by atoms with Gasteiger partial charge in [-0.3, -0.25) is 0 Å². The van der Waals surface area contributed by atoms with Gasteiger partial charge in [-0.15, -0.1) is 0 Å². The third kappa shape index (κ3) is 4.99. The third-order valence-corrected chi connectivity index (χ3v) is 8.38. The first-order chi connectivity index (χ1) is 6.31. The van der Waals surface area contributed by atoms with Gasteiger partial charge in [0.25, 0.3) is 0 Å². The maximum absolute atomic E-state index is 2.53. The van der Waals surface area contributed by atoms with Gasteiger partial charge in [0, 0.05) is 0 Å². The lowest BCUT2D eigenvalue weighted by Gasteiger charge is -2.34. The average molecular weight is 212 g/mol. The van der Waals surface area contributed by atoms with Crippen LogP contribution >= 0.6 is 0 Å². The predicted molar refractivity (Wildman–Crippen MR) is 70.5 cm³/mol. The van der Waals surface area contributed by atoms with Crippen LogP contribution in [0.15, 0.2) is 11.8 Å². The summed E-state index contributed by atoms with van der Waals surface area (Å²) < 4.78 is 0. The van der Waals surface area contributed by atoms with E-state index < -0.39 is 8.07 Å². The second kappa shape index (κ2) is 5.74. The fourth-order valence-electron chi connectivity index (χ4n) is 1.14. The zero-order valence-corrected chi connectivity index (χ0v) is 12.0. The molecule has 84 valence electrons. The van der Waals surface area contributed by atoms with Crippen LogP contribution in [0.3, 0.4) is 0 Å². The molecule has 0 aromatic rings. The topological polar surface area (TPSA) is 0 Å². The highest BCUT2D eigenvalue weighted by Gasteiger charge is 2.31. The monoisotopic (exact) mass is 212 g/mol. The van der Waals surface area contributed by atoms with Gasteiger partial charge in [0.05, 0.1) is 8.07 Å². The quantitative estimate of drug-likeness (QED) is 0.435. The zero-order valence-electron chi connectivity index (χ0n) is 11.0. The van der Waals surface area contributed by atoms with Gasteiger partial charge >= 0.3 is 0 Å². The van der Waals surface area contributed by atoms with Crippen LogP contribution in [0.1, 0.15) is 53.4 Å². The van der Waals surface area contributed by atoms with Crippen LogP contribution in [0.2, 0.25) is 18.1 Å². The fourth-order valence-corrected chi connectivity index (χ4v) is 2.40. The standard InChI is InChI=1S/C13H28Si/c1-7-8-9-10-11-12-14(5,6)13(2,3)4/h11-12H,7-10H2,1-6H3. The predicted octanol–water partition coefficient (Wildman–Crippen LogP) is 5.17. The summed E-state index contributed by atoms with van der Waals surface area (Å²) in [6.45, 7) is 14.3. The largest absolute Gasteiger partial charge is 0.0981 e. The molecule has 14 heavy (non-hydrogen) atoms. The molecule has 0 rings (SSSR count). The van der Waals surface area contributed by atoms with Gasteiger partial charge < -0.3 is 0 Å². The van der Waals surface area contributed by atoms with Crippen molar-refractivity contribution in [3.05, 3.63) is 11.8 Å². The molecule has 0 amide bonds. The lowest BCUT2D eigenvalue weighted by atomic mass is 10.2. The molecule has 0 aromatic carbocycles. The van der Waals surface area contributed by atoms with Gasteiger partial charge in [-0.1, -0.05) is 65.4 Å².